The van der Waals surface area contributed by atoms with Gasteiger partial charge in [-0.05, 0) is 34.9 Å². The van der Waals surface area contributed by atoms with E-state index >= 15 is 0 Å². The second kappa shape index (κ2) is 5.80. The molecule has 1 unspecified atom stereocenters. The van der Waals surface area contributed by atoms with Crippen LogP contribution in [0.2, 0.25) is 0 Å². The summed E-state index contributed by atoms with van der Waals surface area (Å²) in [5.41, 5.74) is 2.59. The van der Waals surface area contributed by atoms with Crippen LogP contribution in [0.15, 0.2) is 41.8 Å². The number of carbonyl (C=O) groups is 1. The molecule has 0 radical (unpaired) electrons. The molecule has 106 valence electrons. The summed E-state index contributed by atoms with van der Waals surface area (Å²) in [6.07, 6.45) is 0. The summed E-state index contributed by atoms with van der Waals surface area (Å²) in [5.74, 6) is -0.00704. The molecule has 2 aromatic rings. The van der Waals surface area contributed by atoms with Crippen LogP contribution in [-0.4, -0.2) is 5.91 Å². The standard InChI is InChI=1S/C17H21NOS/c1-12(18-16(19)15-6-5-11-20-15)13-7-9-14(10-8-13)17(2,3)4/h5-12H,1-4H3,(H,18,19). The number of amides is 1. The summed E-state index contributed by atoms with van der Waals surface area (Å²) in [7, 11) is 0. The molecular weight excluding hydrogens is 266 g/mol. The van der Waals surface area contributed by atoms with E-state index in [9.17, 15) is 4.79 Å². The number of nitrogens with one attached hydrogen (secondary N) is 1. The molecule has 0 spiro atoms. The van der Waals surface area contributed by atoms with Crippen molar-refractivity contribution in [2.45, 2.75) is 39.2 Å². The Hall–Kier alpha value is -1.61. The minimum atomic E-state index is -0.00704. The highest BCUT2D eigenvalue weighted by atomic mass is 32.1. The van der Waals surface area contributed by atoms with Gasteiger partial charge in [0.15, 0.2) is 0 Å². The largest absolute Gasteiger partial charge is 0.345 e. The molecule has 0 aliphatic carbocycles. The molecule has 3 heteroatoms. The van der Waals surface area contributed by atoms with E-state index in [4.69, 9.17) is 0 Å². The van der Waals surface area contributed by atoms with Crippen molar-refractivity contribution in [3.05, 3.63) is 57.8 Å². The van der Waals surface area contributed by atoms with Gasteiger partial charge in [0.05, 0.1) is 10.9 Å². The Morgan fingerprint density at radius 1 is 1.15 bits per heavy atom. The average Bonchev–Trinajstić information content (AvgIpc) is 2.91. The molecule has 20 heavy (non-hydrogen) atoms. The van der Waals surface area contributed by atoms with Gasteiger partial charge in [0.1, 0.15) is 0 Å². The average molecular weight is 287 g/mol. The van der Waals surface area contributed by atoms with E-state index in [1.165, 1.54) is 16.9 Å². The lowest BCUT2D eigenvalue weighted by atomic mass is 9.86. The topological polar surface area (TPSA) is 29.1 Å². The van der Waals surface area contributed by atoms with Crippen LogP contribution in [0.4, 0.5) is 0 Å². The Labute approximate surface area is 124 Å². The zero-order valence-electron chi connectivity index (χ0n) is 12.4. The second-order valence-electron chi connectivity index (χ2n) is 6.04. The van der Waals surface area contributed by atoms with E-state index in [1.54, 1.807) is 0 Å². The minimum absolute atomic E-state index is 0.00704. The van der Waals surface area contributed by atoms with Gasteiger partial charge in [-0.25, -0.2) is 0 Å². The lowest BCUT2D eigenvalue weighted by Crippen LogP contribution is -2.26. The van der Waals surface area contributed by atoms with E-state index < -0.39 is 0 Å². The molecule has 1 N–H and O–H groups in total. The zero-order valence-corrected chi connectivity index (χ0v) is 13.3. The van der Waals surface area contributed by atoms with Crippen molar-refractivity contribution in [1.29, 1.82) is 0 Å². The van der Waals surface area contributed by atoms with Crippen molar-refractivity contribution in [3.8, 4) is 0 Å². The van der Waals surface area contributed by atoms with E-state index in [-0.39, 0.29) is 17.4 Å². The monoisotopic (exact) mass is 287 g/mol. The molecule has 0 bridgehead atoms. The zero-order chi connectivity index (χ0) is 14.8. The molecule has 0 saturated heterocycles. The Balaban J connectivity index is 2.06. The van der Waals surface area contributed by atoms with Crippen molar-refractivity contribution in [3.63, 3.8) is 0 Å². The molecule has 1 heterocycles. The lowest BCUT2D eigenvalue weighted by Gasteiger charge is -2.20. The van der Waals surface area contributed by atoms with E-state index in [1.807, 2.05) is 24.4 Å². The van der Waals surface area contributed by atoms with Crippen molar-refractivity contribution >= 4 is 17.2 Å². The third-order valence-corrected chi connectivity index (χ3v) is 4.24. The molecule has 0 aliphatic rings. The molecule has 0 aliphatic heterocycles. The van der Waals surface area contributed by atoms with Gasteiger partial charge in [-0.15, -0.1) is 11.3 Å². The highest BCUT2D eigenvalue weighted by Crippen LogP contribution is 2.24. The highest BCUT2D eigenvalue weighted by molar-refractivity contribution is 7.12. The first-order valence-electron chi connectivity index (χ1n) is 6.83. The fraction of sp³-hybridized carbons (Fsp3) is 0.353. The first-order valence-corrected chi connectivity index (χ1v) is 7.71. The molecule has 1 amide bonds. The smallest absolute Gasteiger partial charge is 0.261 e. The van der Waals surface area contributed by atoms with Gasteiger partial charge in [-0.3, -0.25) is 4.79 Å². The van der Waals surface area contributed by atoms with Crippen LogP contribution in [0.1, 0.15) is 54.5 Å². The lowest BCUT2D eigenvalue weighted by molar-refractivity contribution is 0.0944. The van der Waals surface area contributed by atoms with Gasteiger partial charge in [0.2, 0.25) is 0 Å². The predicted molar refractivity (Wildman–Crippen MR) is 85.3 cm³/mol. The molecule has 1 aromatic carbocycles. The van der Waals surface area contributed by atoms with Gasteiger partial charge in [0.25, 0.3) is 5.91 Å². The van der Waals surface area contributed by atoms with Crippen LogP contribution in [0, 0.1) is 0 Å². The number of benzene rings is 1. The third-order valence-electron chi connectivity index (χ3n) is 3.37. The van der Waals surface area contributed by atoms with Crippen LogP contribution >= 0.6 is 11.3 Å². The maximum absolute atomic E-state index is 12.0. The summed E-state index contributed by atoms with van der Waals surface area (Å²) in [4.78, 5) is 12.8. The van der Waals surface area contributed by atoms with Gasteiger partial charge < -0.3 is 5.32 Å². The van der Waals surface area contributed by atoms with Gasteiger partial charge in [-0.1, -0.05) is 51.1 Å². The first-order chi connectivity index (χ1) is 9.38. The molecule has 0 fully saturated rings. The van der Waals surface area contributed by atoms with Crippen molar-refractivity contribution in [2.75, 3.05) is 0 Å². The molecular formula is C17H21NOS. The van der Waals surface area contributed by atoms with E-state index in [0.29, 0.717) is 0 Å². The molecule has 1 atom stereocenters. The highest BCUT2D eigenvalue weighted by Gasteiger charge is 2.15. The molecule has 0 saturated carbocycles. The summed E-state index contributed by atoms with van der Waals surface area (Å²) < 4.78 is 0. The second-order valence-corrected chi connectivity index (χ2v) is 6.99. The molecule has 1 aromatic heterocycles. The maximum atomic E-state index is 12.0. The number of hydrogen-bond donors (Lipinski definition) is 1. The fourth-order valence-electron chi connectivity index (χ4n) is 2.03. The minimum Gasteiger partial charge on any atom is -0.345 e. The van der Waals surface area contributed by atoms with Gasteiger partial charge in [0, 0.05) is 0 Å². The number of thiophene rings is 1. The first kappa shape index (κ1) is 14.8. The normalized spacial score (nSPS) is 13.0. The summed E-state index contributed by atoms with van der Waals surface area (Å²) in [6.45, 7) is 8.61. The summed E-state index contributed by atoms with van der Waals surface area (Å²) >= 11 is 1.46. The quantitative estimate of drug-likeness (QED) is 0.882. The van der Waals surface area contributed by atoms with Crippen LogP contribution in [0.5, 0.6) is 0 Å². The van der Waals surface area contributed by atoms with Crippen LogP contribution in [0.3, 0.4) is 0 Å². The van der Waals surface area contributed by atoms with Crippen LogP contribution < -0.4 is 5.32 Å². The third kappa shape index (κ3) is 3.48. The number of rotatable bonds is 3. The maximum Gasteiger partial charge on any atom is 0.261 e. The Kier molecular flexibility index (Phi) is 4.29. The van der Waals surface area contributed by atoms with E-state index in [0.717, 1.165) is 10.4 Å². The predicted octanol–water partition coefficient (Wildman–Crippen LogP) is 4.54. The van der Waals surface area contributed by atoms with Crippen molar-refractivity contribution in [2.24, 2.45) is 0 Å². The summed E-state index contributed by atoms with van der Waals surface area (Å²) in [6, 6.07) is 12.2. The Morgan fingerprint density at radius 2 is 1.80 bits per heavy atom. The number of hydrogen-bond acceptors (Lipinski definition) is 2. The van der Waals surface area contributed by atoms with Gasteiger partial charge in [-0.2, -0.15) is 0 Å². The fourth-order valence-corrected chi connectivity index (χ4v) is 2.66. The van der Waals surface area contributed by atoms with Crippen LogP contribution in [-0.2, 0) is 5.41 Å². The SMILES string of the molecule is CC(NC(=O)c1cccs1)c1ccc(C(C)(C)C)cc1. The Bertz CT molecular complexity index is 564. The van der Waals surface area contributed by atoms with Gasteiger partial charge >= 0.3 is 0 Å². The molecule has 2 rings (SSSR count). The van der Waals surface area contributed by atoms with E-state index in [2.05, 4.69) is 50.4 Å². The van der Waals surface area contributed by atoms with Crippen molar-refractivity contribution in [1.82, 2.24) is 5.32 Å². The Morgan fingerprint density at radius 3 is 2.30 bits per heavy atom. The number of carbonyl (C=O) groups excluding carboxylic acids is 1. The van der Waals surface area contributed by atoms with Crippen molar-refractivity contribution < 1.29 is 4.79 Å². The van der Waals surface area contributed by atoms with Crippen LogP contribution in [0.25, 0.3) is 0 Å². The summed E-state index contributed by atoms with van der Waals surface area (Å²) in [5, 5.41) is 4.94. The molecule has 2 nitrogen and oxygen atoms in total.